The van der Waals surface area contributed by atoms with Crippen LogP contribution in [0.4, 0.5) is 13.2 Å². The van der Waals surface area contributed by atoms with E-state index in [9.17, 15) is 22.8 Å². The van der Waals surface area contributed by atoms with Gasteiger partial charge in [0.2, 0.25) is 5.91 Å². The van der Waals surface area contributed by atoms with Crippen molar-refractivity contribution in [1.29, 1.82) is 0 Å². The van der Waals surface area contributed by atoms with Crippen molar-refractivity contribution in [3.05, 3.63) is 64.7 Å². The zero-order valence-electron chi connectivity index (χ0n) is 16.5. The molecule has 166 valence electrons. The molecule has 6 nitrogen and oxygen atoms in total. The highest BCUT2D eigenvalue weighted by Gasteiger charge is 2.32. The van der Waals surface area contributed by atoms with Crippen molar-refractivity contribution >= 4 is 23.4 Å². The molecule has 0 radical (unpaired) electrons. The second-order valence-electron chi connectivity index (χ2n) is 7.01. The normalized spacial score (nSPS) is 14.9. The molecule has 1 heterocycles. The van der Waals surface area contributed by atoms with E-state index in [-0.39, 0.29) is 36.2 Å². The van der Waals surface area contributed by atoms with E-state index >= 15 is 0 Å². The second kappa shape index (κ2) is 10.0. The number of amides is 2. The van der Waals surface area contributed by atoms with E-state index in [2.05, 4.69) is 10.1 Å². The quantitative estimate of drug-likeness (QED) is 0.726. The number of benzene rings is 2. The molecule has 0 spiro atoms. The molecule has 0 aromatic heterocycles. The van der Waals surface area contributed by atoms with Gasteiger partial charge in [-0.3, -0.25) is 14.5 Å². The van der Waals surface area contributed by atoms with Gasteiger partial charge in [-0.2, -0.15) is 0 Å². The van der Waals surface area contributed by atoms with Crippen molar-refractivity contribution in [2.75, 3.05) is 32.7 Å². The molecule has 10 heteroatoms. The van der Waals surface area contributed by atoms with Crippen molar-refractivity contribution in [2.45, 2.75) is 12.9 Å². The summed E-state index contributed by atoms with van der Waals surface area (Å²) in [5.41, 5.74) is 0.780. The third-order valence-corrected chi connectivity index (χ3v) is 5.04. The summed E-state index contributed by atoms with van der Waals surface area (Å²) in [5.74, 6) is -0.758. The molecule has 0 unspecified atom stereocenters. The number of carbonyl (C=O) groups excluding carboxylic acids is 2. The summed E-state index contributed by atoms with van der Waals surface area (Å²) in [7, 11) is 0. The number of nitrogens with one attached hydrogen (secondary N) is 1. The summed E-state index contributed by atoms with van der Waals surface area (Å²) in [5, 5.41) is 3.17. The molecule has 0 saturated carbocycles. The summed E-state index contributed by atoms with van der Waals surface area (Å²) < 4.78 is 41.5. The molecule has 1 saturated heterocycles. The van der Waals surface area contributed by atoms with Crippen LogP contribution in [0.1, 0.15) is 15.9 Å². The van der Waals surface area contributed by atoms with Crippen LogP contribution >= 0.6 is 11.6 Å². The molecule has 1 aliphatic rings. The maximum Gasteiger partial charge on any atom is 0.573 e. The zero-order chi connectivity index (χ0) is 22.4. The lowest BCUT2D eigenvalue weighted by atomic mass is 10.2. The van der Waals surface area contributed by atoms with Crippen molar-refractivity contribution < 1.29 is 27.5 Å². The number of carbonyl (C=O) groups is 2. The molecule has 1 aliphatic heterocycles. The van der Waals surface area contributed by atoms with Crippen LogP contribution in [0.5, 0.6) is 5.75 Å². The van der Waals surface area contributed by atoms with Crippen LogP contribution in [-0.2, 0) is 11.3 Å². The molecule has 2 aromatic carbocycles. The van der Waals surface area contributed by atoms with Crippen molar-refractivity contribution in [3.63, 3.8) is 0 Å². The Morgan fingerprint density at radius 2 is 1.65 bits per heavy atom. The fraction of sp³-hybridized carbons (Fsp3) is 0.333. The molecule has 1 N–H and O–H groups in total. The topological polar surface area (TPSA) is 61.9 Å². The molecule has 2 aromatic rings. The summed E-state index contributed by atoms with van der Waals surface area (Å²) in [6.07, 6.45) is -4.80. The first-order valence-corrected chi connectivity index (χ1v) is 9.96. The third kappa shape index (κ3) is 6.86. The number of halogens is 4. The van der Waals surface area contributed by atoms with E-state index in [0.717, 1.165) is 0 Å². The zero-order valence-corrected chi connectivity index (χ0v) is 17.2. The lowest BCUT2D eigenvalue weighted by Crippen LogP contribution is -2.51. The minimum absolute atomic E-state index is 0.0832. The van der Waals surface area contributed by atoms with E-state index in [1.807, 2.05) is 4.90 Å². The minimum Gasteiger partial charge on any atom is -0.405 e. The van der Waals surface area contributed by atoms with E-state index in [0.29, 0.717) is 36.8 Å². The molecule has 0 aliphatic carbocycles. The standard InChI is InChI=1S/C21H21ClF3N3O3/c22-17-7-5-15(6-8-17)20(30)28-11-9-27(10-12-28)14-19(29)26-13-16-3-1-2-4-18(16)31-21(23,24)25/h1-8H,9-14H2,(H,26,29). The fourth-order valence-electron chi connectivity index (χ4n) is 3.21. The molecule has 0 bridgehead atoms. The van der Waals surface area contributed by atoms with Gasteiger partial charge >= 0.3 is 6.36 Å². The Balaban J connectivity index is 1.45. The van der Waals surface area contributed by atoms with Crippen LogP contribution in [0.25, 0.3) is 0 Å². The molecule has 3 rings (SSSR count). The fourth-order valence-corrected chi connectivity index (χ4v) is 3.34. The number of para-hydroxylation sites is 1. The van der Waals surface area contributed by atoms with E-state index in [1.165, 1.54) is 18.2 Å². The number of nitrogens with zero attached hydrogens (tertiary/aromatic N) is 2. The van der Waals surface area contributed by atoms with Crippen LogP contribution in [0.3, 0.4) is 0 Å². The van der Waals surface area contributed by atoms with E-state index in [1.54, 1.807) is 35.2 Å². The van der Waals surface area contributed by atoms with Gasteiger partial charge in [0.05, 0.1) is 6.54 Å². The highest BCUT2D eigenvalue weighted by molar-refractivity contribution is 6.30. The van der Waals surface area contributed by atoms with E-state index < -0.39 is 6.36 Å². The van der Waals surface area contributed by atoms with Crippen LogP contribution in [-0.4, -0.2) is 60.7 Å². The largest absolute Gasteiger partial charge is 0.573 e. The molecule has 31 heavy (non-hydrogen) atoms. The van der Waals surface area contributed by atoms with Gasteiger partial charge < -0.3 is 15.0 Å². The van der Waals surface area contributed by atoms with Crippen LogP contribution in [0.2, 0.25) is 5.02 Å². The number of alkyl halides is 3. The summed E-state index contributed by atoms with van der Waals surface area (Å²) in [6.45, 7) is 1.97. The Hall–Kier alpha value is -2.78. The summed E-state index contributed by atoms with van der Waals surface area (Å²) in [4.78, 5) is 28.4. The lowest BCUT2D eigenvalue weighted by molar-refractivity contribution is -0.274. The predicted molar refractivity (Wildman–Crippen MR) is 109 cm³/mol. The molecule has 0 atom stereocenters. The number of hydrogen-bond acceptors (Lipinski definition) is 4. The monoisotopic (exact) mass is 455 g/mol. The average Bonchev–Trinajstić information content (AvgIpc) is 2.73. The number of rotatable bonds is 6. The predicted octanol–water partition coefficient (Wildman–Crippen LogP) is 3.31. The smallest absolute Gasteiger partial charge is 0.405 e. The van der Waals surface area contributed by atoms with Gasteiger partial charge in [-0.05, 0) is 30.3 Å². The molecule has 1 fully saturated rings. The Morgan fingerprint density at radius 3 is 2.29 bits per heavy atom. The van der Waals surface area contributed by atoms with Gasteiger partial charge in [-0.1, -0.05) is 29.8 Å². The van der Waals surface area contributed by atoms with Crippen molar-refractivity contribution in [2.24, 2.45) is 0 Å². The first-order valence-electron chi connectivity index (χ1n) is 9.59. The maximum atomic E-state index is 12.5. The highest BCUT2D eigenvalue weighted by Crippen LogP contribution is 2.26. The van der Waals surface area contributed by atoms with Gasteiger partial charge in [0.15, 0.2) is 0 Å². The number of ether oxygens (including phenoxy) is 1. The SMILES string of the molecule is O=C(CN1CCN(C(=O)c2ccc(Cl)cc2)CC1)NCc1ccccc1OC(F)(F)F. The molecule has 2 amide bonds. The van der Waals surface area contributed by atoms with Crippen LogP contribution < -0.4 is 10.1 Å². The van der Waals surface area contributed by atoms with Gasteiger partial charge in [0.25, 0.3) is 5.91 Å². The Kier molecular flexibility index (Phi) is 7.40. The number of piperazine rings is 1. The van der Waals surface area contributed by atoms with Gasteiger partial charge in [-0.15, -0.1) is 13.2 Å². The first kappa shape index (κ1) is 22.9. The van der Waals surface area contributed by atoms with Crippen LogP contribution in [0.15, 0.2) is 48.5 Å². The van der Waals surface area contributed by atoms with Gasteiger partial charge in [-0.25, -0.2) is 0 Å². The van der Waals surface area contributed by atoms with Crippen molar-refractivity contribution in [3.8, 4) is 5.75 Å². The van der Waals surface area contributed by atoms with E-state index in [4.69, 9.17) is 11.6 Å². The third-order valence-electron chi connectivity index (χ3n) is 4.79. The molecular formula is C21H21ClF3N3O3. The Morgan fingerprint density at radius 1 is 1.00 bits per heavy atom. The Bertz CT molecular complexity index is 914. The minimum atomic E-state index is -4.80. The maximum absolute atomic E-state index is 12.5. The Labute approximate surface area is 182 Å². The second-order valence-corrected chi connectivity index (χ2v) is 7.44. The molecular weight excluding hydrogens is 435 g/mol. The first-order chi connectivity index (χ1) is 14.7. The van der Waals surface area contributed by atoms with Gasteiger partial charge in [0.1, 0.15) is 5.75 Å². The highest BCUT2D eigenvalue weighted by atomic mass is 35.5. The van der Waals surface area contributed by atoms with Gasteiger partial charge in [0, 0.05) is 48.9 Å². The average molecular weight is 456 g/mol. The van der Waals surface area contributed by atoms with Crippen molar-refractivity contribution in [1.82, 2.24) is 15.1 Å². The lowest BCUT2D eigenvalue weighted by Gasteiger charge is -2.34. The van der Waals surface area contributed by atoms with Crippen LogP contribution in [0, 0.1) is 0 Å². The number of hydrogen-bond donors (Lipinski definition) is 1. The summed E-state index contributed by atoms with van der Waals surface area (Å²) >= 11 is 5.84. The summed E-state index contributed by atoms with van der Waals surface area (Å²) in [6, 6.07) is 12.3.